The number of nitrogen functional groups attached to an aromatic ring is 1. The van der Waals surface area contributed by atoms with Crippen molar-refractivity contribution in [3.63, 3.8) is 0 Å². The van der Waals surface area contributed by atoms with Crippen molar-refractivity contribution < 1.29 is 24.5 Å². The second-order valence-corrected chi connectivity index (χ2v) is 6.47. The normalized spacial score (nSPS) is 22.8. The Bertz CT molecular complexity index is 707. The molecule has 0 unspecified atom stereocenters. The van der Waals surface area contributed by atoms with Gasteiger partial charge in [-0.1, -0.05) is 0 Å². The molecule has 24 heavy (non-hydrogen) atoms. The van der Waals surface area contributed by atoms with Gasteiger partial charge in [-0.2, -0.15) is 0 Å². The van der Waals surface area contributed by atoms with Gasteiger partial charge in [-0.25, -0.2) is 0 Å². The molecule has 0 saturated carbocycles. The van der Waals surface area contributed by atoms with E-state index in [1.165, 1.54) is 16.7 Å². The van der Waals surface area contributed by atoms with Gasteiger partial charge in [0.05, 0.1) is 24.3 Å². The molecule has 2 aliphatic heterocycles. The summed E-state index contributed by atoms with van der Waals surface area (Å²) in [5.74, 6) is -0.908. The topological polar surface area (TPSA) is 142 Å². The van der Waals surface area contributed by atoms with E-state index in [1.807, 2.05) is 0 Å². The second kappa shape index (κ2) is 7.01. The number of anilines is 1. The molecule has 11 heteroatoms. The number of carboxylic acid groups (broad SMARTS) is 1. The Morgan fingerprint density at radius 3 is 2.88 bits per heavy atom. The lowest BCUT2D eigenvalue weighted by Crippen LogP contribution is -2.69. The maximum atomic E-state index is 11.9. The van der Waals surface area contributed by atoms with E-state index in [-0.39, 0.29) is 43.2 Å². The predicted molar refractivity (Wildman–Crippen MR) is 86.5 cm³/mol. The van der Waals surface area contributed by atoms with Crippen LogP contribution >= 0.6 is 24.2 Å². The first kappa shape index (κ1) is 18.6. The van der Waals surface area contributed by atoms with E-state index >= 15 is 0 Å². The summed E-state index contributed by atoms with van der Waals surface area (Å²) in [6.45, 7) is 0.427. The van der Waals surface area contributed by atoms with Crippen molar-refractivity contribution in [1.29, 1.82) is 0 Å². The molecule has 0 aliphatic carbocycles. The summed E-state index contributed by atoms with van der Waals surface area (Å²) >= 11 is 1.43. The molecule has 1 fully saturated rings. The fourth-order valence-corrected chi connectivity index (χ4v) is 4.14. The molecule has 5 N–H and O–H groups in total. The Labute approximate surface area is 148 Å². The molecular weight excluding hydrogens is 358 g/mol. The largest absolute Gasteiger partial charge is 0.543 e. The van der Waals surface area contributed by atoms with Gasteiger partial charge in [0.15, 0.2) is 18.6 Å². The number of hydrogen-bond acceptors (Lipinski definition) is 7. The lowest BCUT2D eigenvalue weighted by atomic mass is 10.0. The van der Waals surface area contributed by atoms with Crippen molar-refractivity contribution in [1.82, 2.24) is 9.58 Å². The first-order valence-corrected chi connectivity index (χ1v) is 8.09. The van der Waals surface area contributed by atoms with Crippen molar-refractivity contribution in [3.8, 4) is 0 Å². The summed E-state index contributed by atoms with van der Waals surface area (Å²) in [4.78, 5) is 24.6. The number of fused-ring (bicyclic) bond motifs is 1. The number of halogens is 1. The minimum atomic E-state index is -1.39. The number of amides is 1. The van der Waals surface area contributed by atoms with Crippen LogP contribution in [0.15, 0.2) is 23.5 Å². The van der Waals surface area contributed by atoms with Gasteiger partial charge in [-0.3, -0.25) is 9.69 Å². The molecule has 0 spiro atoms. The molecule has 3 rings (SSSR count). The van der Waals surface area contributed by atoms with Crippen molar-refractivity contribution in [2.75, 3.05) is 18.1 Å². The lowest BCUT2D eigenvalue weighted by molar-refractivity contribution is -0.767. The SMILES string of the molecule is Cl.Nc1cc[n+](CC2=C(C(=O)[O-])N3C(=O)[C@H](N)[C@@H]3SC2)n1CCO. The third-order valence-electron chi connectivity index (χ3n) is 3.97. The van der Waals surface area contributed by atoms with E-state index in [9.17, 15) is 14.7 Å². The molecule has 2 atom stereocenters. The number of aliphatic hydroxyl groups excluding tert-OH is 1. The number of thioether (sulfide) groups is 1. The minimum absolute atomic E-state index is 0. The van der Waals surface area contributed by atoms with Gasteiger partial charge in [0.2, 0.25) is 5.91 Å². The number of rotatable bonds is 5. The molecule has 9 nitrogen and oxygen atoms in total. The number of aliphatic hydroxyl groups is 1. The highest BCUT2D eigenvalue weighted by Gasteiger charge is 2.50. The third kappa shape index (κ3) is 2.86. The number of carbonyl (C=O) groups excluding carboxylic acids is 2. The Hall–Kier alpha value is -1.75. The van der Waals surface area contributed by atoms with Crippen LogP contribution in [-0.2, 0) is 22.7 Å². The Balaban J connectivity index is 0.00000208. The molecule has 0 aromatic carbocycles. The van der Waals surface area contributed by atoms with Gasteiger partial charge < -0.3 is 26.5 Å². The van der Waals surface area contributed by atoms with E-state index < -0.39 is 17.9 Å². The summed E-state index contributed by atoms with van der Waals surface area (Å²) in [5.41, 5.74) is 12.0. The Kier molecular flexibility index (Phi) is 5.43. The molecular formula is C13H18ClN5O4S. The number of nitrogens with two attached hydrogens (primary N) is 2. The molecule has 3 heterocycles. The van der Waals surface area contributed by atoms with Crippen molar-refractivity contribution in [2.45, 2.75) is 24.5 Å². The van der Waals surface area contributed by atoms with E-state index in [1.54, 1.807) is 21.6 Å². The molecule has 0 bridgehead atoms. The van der Waals surface area contributed by atoms with Crippen molar-refractivity contribution in [3.05, 3.63) is 23.5 Å². The summed E-state index contributed by atoms with van der Waals surface area (Å²) in [6, 6.07) is 0.996. The highest BCUT2D eigenvalue weighted by Crippen LogP contribution is 2.39. The van der Waals surface area contributed by atoms with Crippen LogP contribution in [0.4, 0.5) is 5.82 Å². The van der Waals surface area contributed by atoms with Crippen LogP contribution in [0, 0.1) is 0 Å². The Morgan fingerprint density at radius 2 is 2.25 bits per heavy atom. The molecule has 1 saturated heterocycles. The van der Waals surface area contributed by atoms with Crippen molar-refractivity contribution in [2.24, 2.45) is 5.73 Å². The monoisotopic (exact) mass is 375 g/mol. The third-order valence-corrected chi connectivity index (χ3v) is 5.33. The standard InChI is InChI=1S/C13H17N5O4S.ClH/c14-8-1-2-16(17(8)3-4-19)5-7-6-23-12-9(15)11(20)18(12)10(7)13(21)22;/h1-2,9,12,14,19H,3-6,15H2,(H,21,22);1H/t9-,12-;/m0./s1. The summed E-state index contributed by atoms with van der Waals surface area (Å²) < 4.78 is 3.34. The Morgan fingerprint density at radius 1 is 1.54 bits per heavy atom. The van der Waals surface area contributed by atoms with Crippen LogP contribution in [0.1, 0.15) is 0 Å². The zero-order chi connectivity index (χ0) is 16.7. The van der Waals surface area contributed by atoms with Gasteiger partial charge in [0.1, 0.15) is 18.0 Å². The number of aliphatic carboxylic acids is 1. The first-order valence-electron chi connectivity index (χ1n) is 7.05. The number of nitrogens with zero attached hydrogens (tertiary/aromatic N) is 3. The van der Waals surface area contributed by atoms with E-state index in [4.69, 9.17) is 16.6 Å². The van der Waals surface area contributed by atoms with Crippen LogP contribution in [0.5, 0.6) is 0 Å². The van der Waals surface area contributed by atoms with Gasteiger partial charge in [0.25, 0.3) is 0 Å². The smallest absolute Gasteiger partial charge is 0.248 e. The number of carboxylic acids is 1. The maximum Gasteiger partial charge on any atom is 0.248 e. The minimum Gasteiger partial charge on any atom is -0.543 e. The van der Waals surface area contributed by atoms with Crippen LogP contribution in [-0.4, -0.2) is 50.3 Å². The van der Waals surface area contributed by atoms with Crippen LogP contribution < -0.4 is 21.3 Å². The molecule has 1 aromatic heterocycles. The fourth-order valence-electron chi connectivity index (χ4n) is 2.85. The molecule has 132 valence electrons. The summed E-state index contributed by atoms with van der Waals surface area (Å²) in [5, 5.41) is 20.3. The van der Waals surface area contributed by atoms with E-state index in [0.717, 1.165) is 0 Å². The van der Waals surface area contributed by atoms with Crippen LogP contribution in [0.2, 0.25) is 0 Å². The van der Waals surface area contributed by atoms with Gasteiger partial charge in [-0.15, -0.1) is 33.5 Å². The first-order chi connectivity index (χ1) is 11.0. The zero-order valence-electron chi connectivity index (χ0n) is 12.6. The van der Waals surface area contributed by atoms with Gasteiger partial charge in [-0.05, 0) is 0 Å². The quantitative estimate of drug-likeness (QED) is 0.368. The number of carbonyl (C=O) groups is 2. The van der Waals surface area contributed by atoms with Gasteiger partial charge >= 0.3 is 0 Å². The van der Waals surface area contributed by atoms with E-state index in [0.29, 0.717) is 17.1 Å². The molecule has 1 aromatic rings. The molecule has 0 radical (unpaired) electrons. The predicted octanol–water partition coefficient (Wildman–Crippen LogP) is -2.98. The number of β-lactam (4-membered cyclic amide) rings is 1. The zero-order valence-corrected chi connectivity index (χ0v) is 14.3. The van der Waals surface area contributed by atoms with Crippen molar-refractivity contribution >= 4 is 41.9 Å². The summed E-state index contributed by atoms with van der Waals surface area (Å²) in [6.07, 6.45) is 1.70. The number of aromatic nitrogens is 2. The summed E-state index contributed by atoms with van der Waals surface area (Å²) in [7, 11) is 0. The maximum absolute atomic E-state index is 11.9. The second-order valence-electron chi connectivity index (χ2n) is 5.36. The number of hydrogen-bond donors (Lipinski definition) is 3. The fraction of sp³-hybridized carbons (Fsp3) is 0.462. The van der Waals surface area contributed by atoms with Crippen LogP contribution in [0.25, 0.3) is 0 Å². The average molecular weight is 376 g/mol. The lowest BCUT2D eigenvalue weighted by Gasteiger charge is -2.49. The molecule has 1 amide bonds. The highest BCUT2D eigenvalue weighted by atomic mass is 35.5. The highest BCUT2D eigenvalue weighted by molar-refractivity contribution is 8.00. The van der Waals surface area contributed by atoms with E-state index in [2.05, 4.69) is 0 Å². The molecule has 2 aliphatic rings. The van der Waals surface area contributed by atoms with Gasteiger partial charge in [0, 0.05) is 11.3 Å². The average Bonchev–Trinajstić information content (AvgIpc) is 2.87. The van der Waals surface area contributed by atoms with Crippen LogP contribution in [0.3, 0.4) is 0 Å².